The number of H-pyrrole nitrogens is 1. The zero-order valence-corrected chi connectivity index (χ0v) is 22.2. The van der Waals surface area contributed by atoms with Crippen LogP contribution in [-0.2, 0) is 49.5 Å². The van der Waals surface area contributed by atoms with E-state index in [1.54, 1.807) is 0 Å². The molecule has 0 amide bonds. The van der Waals surface area contributed by atoms with E-state index in [9.17, 15) is 38.2 Å². The Morgan fingerprint density at radius 3 is 2.34 bits per heavy atom. The van der Waals surface area contributed by atoms with Crippen LogP contribution in [0.25, 0.3) is 0 Å². The highest BCUT2D eigenvalue weighted by molar-refractivity contribution is 7.66. The lowest BCUT2D eigenvalue weighted by molar-refractivity contribution is -0.0452. The standard InChI is InChI=1S/C18H25N2O15P3/c1-11-4-2-3-5-12(11)8-31-9-13-7-20(18(23)19-17(13)22)16-6-14(21)15(33-16)10-32-37(27,28)35-38(29,30)34-36(24,25)26/h2-5,7,14-16,21H,6,8-10H2,1H3,(H,27,28)(H,29,30)(H,19,22,23)(H2,24,25,26)/t14-,15+,16+/m0/s1. The van der Waals surface area contributed by atoms with Crippen LogP contribution in [0, 0.1) is 6.92 Å². The molecule has 0 spiro atoms. The summed E-state index contributed by atoms with van der Waals surface area (Å²) in [5, 5.41) is 10.3. The summed E-state index contributed by atoms with van der Waals surface area (Å²) in [6.07, 6.45) is -2.92. The first-order valence-electron chi connectivity index (χ1n) is 10.6. The van der Waals surface area contributed by atoms with E-state index in [4.69, 9.17) is 19.3 Å². The van der Waals surface area contributed by atoms with Gasteiger partial charge in [0, 0.05) is 12.6 Å². The zero-order valence-electron chi connectivity index (χ0n) is 19.6. The molecular formula is C18H25N2O15P3. The van der Waals surface area contributed by atoms with Crippen LogP contribution in [0.5, 0.6) is 0 Å². The van der Waals surface area contributed by atoms with E-state index in [2.05, 4.69) is 18.1 Å². The molecule has 1 aromatic heterocycles. The highest BCUT2D eigenvalue weighted by Gasteiger charge is 2.43. The summed E-state index contributed by atoms with van der Waals surface area (Å²) in [7, 11) is -16.7. The number of nitrogens with zero attached hydrogens (tertiary/aromatic N) is 1. The molecule has 2 heterocycles. The summed E-state index contributed by atoms with van der Waals surface area (Å²) < 4.78 is 57.7. The summed E-state index contributed by atoms with van der Waals surface area (Å²) in [6, 6.07) is 7.46. The lowest BCUT2D eigenvalue weighted by Gasteiger charge is -2.19. The smallest absolute Gasteiger partial charge is 0.390 e. The Morgan fingerprint density at radius 1 is 1.03 bits per heavy atom. The number of phosphoric ester groups is 1. The predicted molar refractivity (Wildman–Crippen MR) is 125 cm³/mol. The topological polar surface area (TPSA) is 253 Å². The molecular weight excluding hydrogens is 577 g/mol. The predicted octanol–water partition coefficient (Wildman–Crippen LogP) is 0.554. The summed E-state index contributed by atoms with van der Waals surface area (Å²) >= 11 is 0. The third kappa shape index (κ3) is 8.86. The number of ether oxygens (including phenoxy) is 2. The van der Waals surface area contributed by atoms with Crippen LogP contribution in [0.15, 0.2) is 40.1 Å². The highest BCUT2D eigenvalue weighted by atomic mass is 31.3. The van der Waals surface area contributed by atoms with Gasteiger partial charge in [0.25, 0.3) is 5.56 Å². The van der Waals surface area contributed by atoms with Gasteiger partial charge in [-0.2, -0.15) is 8.62 Å². The molecule has 0 aliphatic carbocycles. The number of aliphatic hydroxyl groups is 1. The van der Waals surface area contributed by atoms with Gasteiger partial charge in [0.2, 0.25) is 0 Å². The Balaban J connectivity index is 1.63. The number of aliphatic hydroxyl groups excluding tert-OH is 1. The average Bonchev–Trinajstić information content (AvgIpc) is 3.13. The Hall–Kier alpha value is -1.81. The number of phosphoric acid groups is 3. The fourth-order valence-corrected chi connectivity index (χ4v) is 6.42. The normalized spacial score (nSPS) is 23.2. The third-order valence-electron chi connectivity index (χ3n) is 5.15. The van der Waals surface area contributed by atoms with Gasteiger partial charge < -0.3 is 34.2 Å². The fraction of sp³-hybridized carbons (Fsp3) is 0.444. The van der Waals surface area contributed by atoms with E-state index >= 15 is 0 Å². The van der Waals surface area contributed by atoms with Crippen molar-refractivity contribution < 1.29 is 61.0 Å². The van der Waals surface area contributed by atoms with Crippen molar-refractivity contribution in [2.75, 3.05) is 6.61 Å². The number of nitrogens with one attached hydrogen (secondary N) is 1. The molecule has 3 rings (SSSR count). The molecule has 0 radical (unpaired) electrons. The third-order valence-corrected chi connectivity index (χ3v) is 8.95. The Labute approximate surface area is 214 Å². The van der Waals surface area contributed by atoms with E-state index in [0.717, 1.165) is 15.7 Å². The number of rotatable bonds is 12. The van der Waals surface area contributed by atoms with Gasteiger partial charge in [-0.1, -0.05) is 24.3 Å². The molecule has 6 N–H and O–H groups in total. The number of aryl methyl sites for hydroxylation is 1. The number of hydrogen-bond acceptors (Lipinski definition) is 11. The van der Waals surface area contributed by atoms with Gasteiger partial charge in [-0.25, -0.2) is 18.5 Å². The van der Waals surface area contributed by atoms with E-state index in [-0.39, 0.29) is 25.2 Å². The molecule has 2 aromatic rings. The van der Waals surface area contributed by atoms with Gasteiger partial charge in [-0.15, -0.1) is 0 Å². The molecule has 1 fully saturated rings. The number of benzene rings is 1. The van der Waals surface area contributed by atoms with Crippen molar-refractivity contribution in [3.63, 3.8) is 0 Å². The maximum atomic E-state index is 12.4. The highest BCUT2D eigenvalue weighted by Crippen LogP contribution is 2.66. The second-order valence-corrected chi connectivity index (χ2v) is 12.5. The van der Waals surface area contributed by atoms with Crippen molar-refractivity contribution in [2.24, 2.45) is 0 Å². The molecule has 1 aromatic carbocycles. The van der Waals surface area contributed by atoms with Crippen molar-refractivity contribution in [1.82, 2.24) is 9.55 Å². The molecule has 20 heteroatoms. The average molecular weight is 602 g/mol. The van der Waals surface area contributed by atoms with E-state index in [1.807, 2.05) is 31.2 Å². The second-order valence-electron chi connectivity index (χ2n) is 8.06. The molecule has 2 unspecified atom stereocenters. The minimum Gasteiger partial charge on any atom is -0.390 e. The maximum absolute atomic E-state index is 12.4. The van der Waals surface area contributed by atoms with Crippen LogP contribution in [-0.4, -0.2) is 53.0 Å². The molecule has 5 atom stereocenters. The first-order valence-corrected chi connectivity index (χ1v) is 15.2. The lowest BCUT2D eigenvalue weighted by Crippen LogP contribution is -2.34. The van der Waals surface area contributed by atoms with E-state index < -0.39 is 59.8 Å². The molecule has 1 saturated heterocycles. The summed E-state index contributed by atoms with van der Waals surface area (Å²) in [6.45, 7) is 1.03. The van der Waals surface area contributed by atoms with Gasteiger partial charge in [0.1, 0.15) is 12.3 Å². The van der Waals surface area contributed by atoms with Crippen LogP contribution < -0.4 is 11.2 Å². The molecule has 212 valence electrons. The monoisotopic (exact) mass is 602 g/mol. The summed E-state index contributed by atoms with van der Waals surface area (Å²) in [5.74, 6) is 0. The van der Waals surface area contributed by atoms with Crippen LogP contribution >= 0.6 is 23.5 Å². The van der Waals surface area contributed by atoms with Crippen molar-refractivity contribution in [2.45, 2.75) is 45.0 Å². The minimum absolute atomic E-state index is 0.0768. The minimum atomic E-state index is -5.72. The van der Waals surface area contributed by atoms with E-state index in [1.165, 1.54) is 6.20 Å². The van der Waals surface area contributed by atoms with Crippen LogP contribution in [0.1, 0.15) is 29.3 Å². The Kier molecular flexibility index (Phi) is 9.82. The van der Waals surface area contributed by atoms with E-state index in [0.29, 0.717) is 0 Å². The number of aromatic amines is 1. The molecule has 17 nitrogen and oxygen atoms in total. The largest absolute Gasteiger partial charge is 0.490 e. The zero-order chi connectivity index (χ0) is 28.3. The summed E-state index contributed by atoms with van der Waals surface area (Å²) in [4.78, 5) is 62.5. The number of hydrogen-bond donors (Lipinski definition) is 6. The maximum Gasteiger partial charge on any atom is 0.490 e. The quantitative estimate of drug-likeness (QED) is 0.181. The van der Waals surface area contributed by atoms with Gasteiger partial charge >= 0.3 is 29.2 Å². The van der Waals surface area contributed by atoms with Crippen molar-refractivity contribution >= 4 is 23.5 Å². The van der Waals surface area contributed by atoms with Crippen LogP contribution in [0.3, 0.4) is 0 Å². The molecule has 0 saturated carbocycles. The first-order chi connectivity index (χ1) is 17.6. The van der Waals surface area contributed by atoms with Crippen molar-refractivity contribution in [3.05, 3.63) is 68.0 Å². The van der Waals surface area contributed by atoms with Gasteiger partial charge in [-0.3, -0.25) is 18.9 Å². The van der Waals surface area contributed by atoms with Crippen LogP contribution in [0.4, 0.5) is 0 Å². The Bertz CT molecular complexity index is 1400. The molecule has 38 heavy (non-hydrogen) atoms. The summed E-state index contributed by atoms with van der Waals surface area (Å²) in [5.41, 5.74) is 0.399. The lowest BCUT2D eigenvalue weighted by atomic mass is 10.1. The van der Waals surface area contributed by atoms with Gasteiger partial charge in [0.05, 0.1) is 31.5 Å². The first kappa shape index (κ1) is 30.7. The fourth-order valence-electron chi connectivity index (χ4n) is 3.39. The van der Waals surface area contributed by atoms with Crippen molar-refractivity contribution in [1.29, 1.82) is 0 Å². The SMILES string of the molecule is Cc1ccccc1COCc1cn([C@H]2C[C@H](O)[C@@H](COP(=O)(O)OP(=O)(O)OP(=O)(O)O)O2)c(=O)[nH]c1=O. The van der Waals surface area contributed by atoms with Gasteiger partial charge in [-0.05, 0) is 18.1 Å². The molecule has 0 bridgehead atoms. The van der Waals surface area contributed by atoms with Gasteiger partial charge in [0.15, 0.2) is 0 Å². The second kappa shape index (κ2) is 12.1. The van der Waals surface area contributed by atoms with Crippen molar-refractivity contribution in [3.8, 4) is 0 Å². The molecule has 1 aliphatic rings. The molecule has 1 aliphatic heterocycles. The number of aromatic nitrogens is 2. The van der Waals surface area contributed by atoms with Crippen LogP contribution in [0.2, 0.25) is 0 Å². The Morgan fingerprint density at radius 2 is 1.68 bits per heavy atom.